The summed E-state index contributed by atoms with van der Waals surface area (Å²) in [6.07, 6.45) is 0.548. The van der Waals surface area contributed by atoms with E-state index >= 15 is 0 Å². The quantitative estimate of drug-likeness (QED) is 0.519. The SMILES string of the molecule is CCOc1cccc(OCc2c(Cl)cc(C)c(=O)n2CCc2ccc(C(=O)O)cc2)c1. The molecule has 2 aromatic carbocycles. The second-order valence-electron chi connectivity index (χ2n) is 7.03. The Hall–Kier alpha value is -3.25. The maximum atomic E-state index is 12.8. The molecule has 1 N–H and O–H groups in total. The van der Waals surface area contributed by atoms with E-state index in [1.807, 2.05) is 25.1 Å². The summed E-state index contributed by atoms with van der Waals surface area (Å²) in [4.78, 5) is 23.8. The van der Waals surface area contributed by atoms with Gasteiger partial charge < -0.3 is 19.1 Å². The van der Waals surface area contributed by atoms with Gasteiger partial charge in [-0.25, -0.2) is 4.79 Å². The monoisotopic (exact) mass is 441 g/mol. The molecule has 6 nitrogen and oxygen atoms in total. The van der Waals surface area contributed by atoms with Crippen molar-refractivity contribution >= 4 is 17.6 Å². The topological polar surface area (TPSA) is 77.8 Å². The average molecular weight is 442 g/mol. The molecule has 0 unspecified atom stereocenters. The lowest BCUT2D eigenvalue weighted by molar-refractivity contribution is 0.0697. The van der Waals surface area contributed by atoms with Crippen LogP contribution in [0.3, 0.4) is 0 Å². The van der Waals surface area contributed by atoms with Crippen LogP contribution in [-0.2, 0) is 19.6 Å². The van der Waals surface area contributed by atoms with Crippen LogP contribution in [0.5, 0.6) is 11.5 Å². The average Bonchev–Trinajstić information content (AvgIpc) is 2.75. The van der Waals surface area contributed by atoms with Gasteiger partial charge in [0.15, 0.2) is 0 Å². The molecule has 0 aliphatic heterocycles. The lowest BCUT2D eigenvalue weighted by Crippen LogP contribution is -2.27. The van der Waals surface area contributed by atoms with E-state index in [-0.39, 0.29) is 17.7 Å². The number of ether oxygens (including phenoxy) is 2. The maximum Gasteiger partial charge on any atom is 0.335 e. The van der Waals surface area contributed by atoms with Gasteiger partial charge in [0.1, 0.15) is 18.1 Å². The van der Waals surface area contributed by atoms with Crippen LogP contribution in [-0.4, -0.2) is 22.2 Å². The first-order chi connectivity index (χ1) is 14.9. The van der Waals surface area contributed by atoms with Crippen molar-refractivity contribution in [1.82, 2.24) is 4.57 Å². The second kappa shape index (κ2) is 10.2. The van der Waals surface area contributed by atoms with Crippen LogP contribution in [0.4, 0.5) is 0 Å². The second-order valence-corrected chi connectivity index (χ2v) is 7.43. The summed E-state index contributed by atoms with van der Waals surface area (Å²) in [5.74, 6) is 0.351. The highest BCUT2D eigenvalue weighted by molar-refractivity contribution is 6.31. The molecule has 1 heterocycles. The smallest absolute Gasteiger partial charge is 0.335 e. The van der Waals surface area contributed by atoms with Gasteiger partial charge in [-0.2, -0.15) is 0 Å². The lowest BCUT2D eigenvalue weighted by Gasteiger charge is -2.17. The van der Waals surface area contributed by atoms with Crippen LogP contribution in [0.25, 0.3) is 0 Å². The van der Waals surface area contributed by atoms with Crippen molar-refractivity contribution in [3.05, 3.63) is 92.4 Å². The molecule has 0 aliphatic rings. The van der Waals surface area contributed by atoms with Gasteiger partial charge in [0.25, 0.3) is 5.56 Å². The van der Waals surface area contributed by atoms with E-state index in [1.54, 1.807) is 47.9 Å². The highest BCUT2D eigenvalue weighted by atomic mass is 35.5. The molecule has 0 saturated carbocycles. The number of hydrogen-bond donors (Lipinski definition) is 1. The standard InChI is InChI=1S/C24H24ClNO5/c1-3-30-19-5-4-6-20(14-19)31-15-22-21(25)13-16(2)23(27)26(22)12-11-17-7-9-18(10-8-17)24(28)29/h4-10,13-14H,3,11-12,15H2,1-2H3,(H,28,29). The number of nitrogens with zero attached hydrogens (tertiary/aromatic N) is 1. The minimum Gasteiger partial charge on any atom is -0.494 e. The number of hydrogen-bond acceptors (Lipinski definition) is 4. The summed E-state index contributed by atoms with van der Waals surface area (Å²) < 4.78 is 13.0. The highest BCUT2D eigenvalue weighted by Crippen LogP contribution is 2.23. The summed E-state index contributed by atoms with van der Waals surface area (Å²) in [6, 6.07) is 15.6. The molecule has 3 rings (SSSR count). The summed E-state index contributed by atoms with van der Waals surface area (Å²) in [5, 5.41) is 9.49. The van der Waals surface area contributed by atoms with Crippen LogP contribution in [0.15, 0.2) is 59.4 Å². The molecule has 0 radical (unpaired) electrons. The lowest BCUT2D eigenvalue weighted by atomic mass is 10.1. The first-order valence-electron chi connectivity index (χ1n) is 9.95. The van der Waals surface area contributed by atoms with E-state index in [1.165, 1.54) is 0 Å². The Bertz CT molecular complexity index is 1120. The minimum absolute atomic E-state index is 0.127. The van der Waals surface area contributed by atoms with Gasteiger partial charge in [-0.1, -0.05) is 29.8 Å². The van der Waals surface area contributed by atoms with Gasteiger partial charge in [0.05, 0.1) is 22.9 Å². The van der Waals surface area contributed by atoms with Gasteiger partial charge >= 0.3 is 5.97 Å². The molecule has 7 heteroatoms. The third-order valence-corrected chi connectivity index (χ3v) is 5.17. The van der Waals surface area contributed by atoms with Crippen molar-refractivity contribution in [2.75, 3.05) is 6.61 Å². The number of pyridine rings is 1. The van der Waals surface area contributed by atoms with Crippen molar-refractivity contribution in [2.45, 2.75) is 33.4 Å². The van der Waals surface area contributed by atoms with Gasteiger partial charge in [0, 0.05) is 18.2 Å². The van der Waals surface area contributed by atoms with Crippen LogP contribution in [0.1, 0.15) is 34.1 Å². The van der Waals surface area contributed by atoms with E-state index in [9.17, 15) is 9.59 Å². The van der Waals surface area contributed by atoms with Crippen molar-refractivity contribution in [3.63, 3.8) is 0 Å². The number of carbonyl (C=O) groups is 1. The third-order valence-electron chi connectivity index (χ3n) is 4.84. The zero-order valence-corrected chi connectivity index (χ0v) is 18.2. The number of carboxylic acids is 1. The van der Waals surface area contributed by atoms with Crippen LogP contribution >= 0.6 is 11.6 Å². The van der Waals surface area contributed by atoms with Crippen LogP contribution in [0, 0.1) is 6.92 Å². The normalized spacial score (nSPS) is 10.7. The summed E-state index contributed by atoms with van der Waals surface area (Å²) in [7, 11) is 0. The number of halogens is 1. The van der Waals surface area contributed by atoms with E-state index in [0.29, 0.717) is 47.4 Å². The Kier molecular flexibility index (Phi) is 7.36. The molecule has 1 aromatic heterocycles. The van der Waals surface area contributed by atoms with Crippen molar-refractivity contribution < 1.29 is 19.4 Å². The zero-order valence-electron chi connectivity index (χ0n) is 17.4. The van der Waals surface area contributed by atoms with Crippen molar-refractivity contribution in [1.29, 1.82) is 0 Å². The molecule has 0 saturated heterocycles. The fraction of sp³-hybridized carbons (Fsp3) is 0.250. The van der Waals surface area contributed by atoms with Gasteiger partial charge in [0.2, 0.25) is 0 Å². The maximum absolute atomic E-state index is 12.8. The van der Waals surface area contributed by atoms with Gasteiger partial charge in [-0.15, -0.1) is 0 Å². The first-order valence-corrected chi connectivity index (χ1v) is 10.3. The Labute approximate surface area is 185 Å². The molecule has 3 aromatic rings. The molecule has 162 valence electrons. The van der Waals surface area contributed by atoms with E-state index in [4.69, 9.17) is 26.2 Å². The molecular weight excluding hydrogens is 418 g/mol. The molecule has 0 bridgehead atoms. The Morgan fingerprint density at radius 2 is 1.74 bits per heavy atom. The fourth-order valence-electron chi connectivity index (χ4n) is 3.21. The fourth-order valence-corrected chi connectivity index (χ4v) is 3.53. The molecule has 31 heavy (non-hydrogen) atoms. The van der Waals surface area contributed by atoms with Gasteiger partial charge in [-0.3, -0.25) is 4.79 Å². The molecule has 0 aliphatic carbocycles. The predicted molar refractivity (Wildman–Crippen MR) is 119 cm³/mol. The van der Waals surface area contributed by atoms with Gasteiger partial charge in [-0.05, 0) is 56.2 Å². The van der Waals surface area contributed by atoms with Crippen LogP contribution < -0.4 is 15.0 Å². The zero-order chi connectivity index (χ0) is 22.4. The van der Waals surface area contributed by atoms with E-state index in [2.05, 4.69) is 0 Å². The summed E-state index contributed by atoms with van der Waals surface area (Å²) >= 11 is 6.46. The molecule has 0 spiro atoms. The van der Waals surface area contributed by atoms with Crippen molar-refractivity contribution in [3.8, 4) is 11.5 Å². The summed E-state index contributed by atoms with van der Waals surface area (Å²) in [5.41, 5.74) is 2.15. The molecule has 0 amide bonds. The highest BCUT2D eigenvalue weighted by Gasteiger charge is 2.13. The molecular formula is C24H24ClNO5. The number of rotatable bonds is 9. The number of benzene rings is 2. The first kappa shape index (κ1) is 22.4. The number of carboxylic acid groups (broad SMARTS) is 1. The van der Waals surface area contributed by atoms with E-state index in [0.717, 1.165) is 5.56 Å². The van der Waals surface area contributed by atoms with Crippen LogP contribution in [0.2, 0.25) is 5.02 Å². The Morgan fingerprint density at radius 1 is 1.06 bits per heavy atom. The Morgan fingerprint density at radius 3 is 2.39 bits per heavy atom. The number of aryl methyl sites for hydroxylation is 2. The molecule has 0 atom stereocenters. The number of aromatic nitrogens is 1. The predicted octanol–water partition coefficient (Wildman–Crippen LogP) is 4.73. The molecule has 0 fully saturated rings. The van der Waals surface area contributed by atoms with E-state index < -0.39 is 5.97 Å². The number of aromatic carboxylic acids is 1. The van der Waals surface area contributed by atoms with Crippen molar-refractivity contribution in [2.24, 2.45) is 0 Å². The Balaban J connectivity index is 1.80. The largest absolute Gasteiger partial charge is 0.494 e. The minimum atomic E-state index is -0.971. The summed E-state index contributed by atoms with van der Waals surface area (Å²) in [6.45, 7) is 4.71. The third kappa shape index (κ3) is 5.67.